The molecule has 4 aliphatic heterocycles. The maximum Gasteiger partial charge on any atom is 0.217 e. The van der Waals surface area contributed by atoms with Gasteiger partial charge in [0.2, 0.25) is 17.7 Å². The summed E-state index contributed by atoms with van der Waals surface area (Å²) in [5.41, 5.74) is 0. The molecule has 0 aromatic rings. The molecule has 4 rings (SSSR count). The second kappa shape index (κ2) is 19.2. The minimum Gasteiger partial charge on any atom is -0.394 e. The smallest absolute Gasteiger partial charge is 0.217 e. The fourth-order valence-electron chi connectivity index (χ4n) is 6.65. The lowest BCUT2D eigenvalue weighted by Gasteiger charge is -2.48. The zero-order chi connectivity index (χ0) is 40.2. The SMILES string of the molecule is CC(=O)N[C@@H]1[C@@H](O[C@@H]2O[C@H](CO)[C@@H](O)[C@H](O)[C@H]2NC(C)=O)[C@H](O)[C@@H](CO[C@@H]2O[C@H](CO)[C@@H](O[C@@H]3O[C@H](CO)[C@H](O)[C@H](O)[C@H]3O)[C@H](O)[C@H]2NC(C)=O)O[C@H]1O. The minimum atomic E-state index is -1.92. The predicted octanol–water partition coefficient (Wildman–Crippen LogP) is -9.32. The highest BCUT2D eigenvalue weighted by atomic mass is 16.7. The molecule has 4 saturated heterocycles. The Morgan fingerprint density at radius 3 is 1.48 bits per heavy atom. The lowest BCUT2D eigenvalue weighted by atomic mass is 9.94. The molecule has 0 aliphatic carbocycles. The van der Waals surface area contributed by atoms with Gasteiger partial charge in [0.25, 0.3) is 0 Å². The molecular weight excluding hydrogens is 738 g/mol. The molecule has 54 heavy (non-hydrogen) atoms. The molecule has 24 nitrogen and oxygen atoms in total. The third-order valence-corrected chi connectivity index (χ3v) is 9.39. The highest BCUT2D eigenvalue weighted by molar-refractivity contribution is 5.74. The van der Waals surface area contributed by atoms with E-state index in [0.29, 0.717) is 0 Å². The predicted molar refractivity (Wildman–Crippen MR) is 169 cm³/mol. The first-order valence-electron chi connectivity index (χ1n) is 17.1. The van der Waals surface area contributed by atoms with Gasteiger partial charge in [-0.05, 0) is 0 Å². The summed E-state index contributed by atoms with van der Waals surface area (Å²) in [4.78, 5) is 36.2. The first-order chi connectivity index (χ1) is 25.4. The highest BCUT2D eigenvalue weighted by Crippen LogP contribution is 2.32. The van der Waals surface area contributed by atoms with Crippen LogP contribution in [0.25, 0.3) is 0 Å². The highest BCUT2D eigenvalue weighted by Gasteiger charge is 2.54. The van der Waals surface area contributed by atoms with Crippen molar-refractivity contribution in [1.29, 1.82) is 0 Å². The fourth-order valence-corrected chi connectivity index (χ4v) is 6.65. The lowest BCUT2D eigenvalue weighted by molar-refractivity contribution is -0.353. The van der Waals surface area contributed by atoms with E-state index >= 15 is 0 Å². The van der Waals surface area contributed by atoms with Crippen molar-refractivity contribution in [3.8, 4) is 0 Å². The van der Waals surface area contributed by atoms with Crippen molar-refractivity contribution in [1.82, 2.24) is 16.0 Å². The number of hydrogen-bond donors (Lipinski definition) is 14. The number of rotatable bonds is 13. The van der Waals surface area contributed by atoms with E-state index in [-0.39, 0.29) is 0 Å². The molecule has 4 aliphatic rings. The van der Waals surface area contributed by atoms with Crippen LogP contribution in [0.1, 0.15) is 20.8 Å². The van der Waals surface area contributed by atoms with Crippen LogP contribution in [0.3, 0.4) is 0 Å². The number of carbonyl (C=O) groups is 3. The van der Waals surface area contributed by atoms with Crippen LogP contribution in [0.15, 0.2) is 0 Å². The summed E-state index contributed by atoms with van der Waals surface area (Å²) in [5.74, 6) is -2.10. The van der Waals surface area contributed by atoms with E-state index in [0.717, 1.165) is 20.8 Å². The Morgan fingerprint density at radius 2 is 0.944 bits per heavy atom. The molecule has 14 N–H and O–H groups in total. The summed E-state index contributed by atoms with van der Waals surface area (Å²) in [5, 5.41) is 122. The molecule has 0 spiro atoms. The second-order valence-corrected chi connectivity index (χ2v) is 13.4. The Hall–Kier alpha value is -2.31. The van der Waals surface area contributed by atoms with Gasteiger partial charge in [-0.2, -0.15) is 0 Å². The number of carbonyl (C=O) groups excluding carboxylic acids is 3. The summed E-state index contributed by atoms with van der Waals surface area (Å²) in [7, 11) is 0. The number of aliphatic hydroxyl groups is 11. The van der Waals surface area contributed by atoms with Gasteiger partial charge in [-0.15, -0.1) is 0 Å². The van der Waals surface area contributed by atoms with Gasteiger partial charge in [-0.3, -0.25) is 14.4 Å². The third kappa shape index (κ3) is 9.97. The van der Waals surface area contributed by atoms with Crippen molar-refractivity contribution in [2.24, 2.45) is 0 Å². The van der Waals surface area contributed by atoms with Gasteiger partial charge in [0.05, 0.1) is 26.4 Å². The van der Waals surface area contributed by atoms with E-state index in [2.05, 4.69) is 16.0 Å². The van der Waals surface area contributed by atoms with Crippen molar-refractivity contribution in [2.75, 3.05) is 26.4 Å². The van der Waals surface area contributed by atoms with Crippen LogP contribution in [0.5, 0.6) is 0 Å². The van der Waals surface area contributed by atoms with Crippen LogP contribution in [-0.2, 0) is 47.5 Å². The Balaban J connectivity index is 1.54. The van der Waals surface area contributed by atoms with Gasteiger partial charge in [-0.1, -0.05) is 0 Å². The lowest BCUT2D eigenvalue weighted by Crippen LogP contribution is -2.70. The summed E-state index contributed by atoms with van der Waals surface area (Å²) in [6, 6.07) is -4.52. The van der Waals surface area contributed by atoms with Crippen molar-refractivity contribution in [2.45, 2.75) is 143 Å². The maximum absolute atomic E-state index is 12.2. The van der Waals surface area contributed by atoms with Crippen LogP contribution >= 0.6 is 0 Å². The molecule has 312 valence electrons. The molecule has 0 unspecified atom stereocenters. The van der Waals surface area contributed by atoms with E-state index < -0.39 is 167 Å². The average Bonchev–Trinajstić information content (AvgIpc) is 3.11. The fraction of sp³-hybridized carbons (Fsp3) is 0.900. The van der Waals surface area contributed by atoms with Crippen molar-refractivity contribution in [3.63, 3.8) is 0 Å². The quantitative estimate of drug-likeness (QED) is 0.0823. The molecule has 0 aromatic heterocycles. The molecule has 20 atom stereocenters. The Bertz CT molecular complexity index is 1250. The minimum absolute atomic E-state index is 0.687. The number of amides is 3. The molecule has 4 fully saturated rings. The van der Waals surface area contributed by atoms with Crippen molar-refractivity contribution >= 4 is 17.7 Å². The van der Waals surface area contributed by atoms with Crippen LogP contribution in [0.2, 0.25) is 0 Å². The zero-order valence-corrected chi connectivity index (χ0v) is 29.4. The summed E-state index contributed by atoms with van der Waals surface area (Å²) in [6.45, 7) is 0.0952. The van der Waals surface area contributed by atoms with Gasteiger partial charge in [0.1, 0.15) is 97.5 Å². The monoisotopic (exact) mass is 789 g/mol. The summed E-state index contributed by atoms with van der Waals surface area (Å²) in [6.07, 6.45) is -28.7. The number of nitrogens with one attached hydrogen (secondary N) is 3. The molecule has 3 amide bonds. The zero-order valence-electron chi connectivity index (χ0n) is 29.4. The molecule has 24 heteroatoms. The number of aliphatic hydroxyl groups excluding tert-OH is 11. The first-order valence-corrected chi connectivity index (χ1v) is 17.1. The van der Waals surface area contributed by atoms with E-state index in [1.807, 2.05) is 0 Å². The molecule has 0 radical (unpaired) electrons. The number of hydrogen-bond acceptors (Lipinski definition) is 21. The van der Waals surface area contributed by atoms with E-state index in [1.54, 1.807) is 0 Å². The van der Waals surface area contributed by atoms with Crippen LogP contribution < -0.4 is 16.0 Å². The normalized spacial score (nSPS) is 45.7. The van der Waals surface area contributed by atoms with E-state index in [4.69, 9.17) is 33.2 Å². The van der Waals surface area contributed by atoms with Crippen LogP contribution in [0, 0.1) is 0 Å². The van der Waals surface area contributed by atoms with Crippen molar-refractivity contribution in [3.05, 3.63) is 0 Å². The molecule has 0 bridgehead atoms. The Morgan fingerprint density at radius 1 is 0.481 bits per heavy atom. The number of ether oxygens (including phenoxy) is 7. The van der Waals surface area contributed by atoms with Gasteiger partial charge < -0.3 is 105 Å². The third-order valence-electron chi connectivity index (χ3n) is 9.39. The van der Waals surface area contributed by atoms with Crippen LogP contribution in [-0.4, -0.2) is 223 Å². The van der Waals surface area contributed by atoms with E-state index in [9.17, 15) is 70.6 Å². The molecular formula is C30H51N3O21. The van der Waals surface area contributed by atoms with Gasteiger partial charge in [-0.25, -0.2) is 0 Å². The molecule has 0 saturated carbocycles. The Labute approximate surface area is 307 Å². The largest absolute Gasteiger partial charge is 0.394 e. The summed E-state index contributed by atoms with van der Waals surface area (Å²) >= 11 is 0. The van der Waals surface area contributed by atoms with Gasteiger partial charge in [0, 0.05) is 20.8 Å². The van der Waals surface area contributed by atoms with Gasteiger partial charge >= 0.3 is 0 Å². The summed E-state index contributed by atoms with van der Waals surface area (Å²) < 4.78 is 39.6. The second-order valence-electron chi connectivity index (χ2n) is 13.4. The topological polar surface area (TPSA) is 374 Å². The van der Waals surface area contributed by atoms with Crippen LogP contribution in [0.4, 0.5) is 0 Å². The maximum atomic E-state index is 12.2. The molecule has 0 aromatic carbocycles. The average molecular weight is 790 g/mol. The standard InChI is InChI=1S/C30H51N3O21/c1-8(37)31-15-21(43)18(40)11(4-34)50-29(15)54-26-17(33-10(3)39)27(47)49-14(20(26)42)7-48-28-16(32-9(2)38)22(44)25(13(6-36)52-28)53-30-24(46)23(45)19(41)12(5-35)51-30/h11-30,34-36,40-47H,4-7H2,1-3H3,(H,31,37)(H,32,38)(H,33,39)/t11-,12-,13-,14-,15-,16-,17-,18-,19+,20-,21-,22-,23+,24-,25-,26-,27-,28-,29+,30+/m1/s1. The Kier molecular flexibility index (Phi) is 15.8. The van der Waals surface area contributed by atoms with Gasteiger partial charge in [0.15, 0.2) is 25.2 Å². The van der Waals surface area contributed by atoms with E-state index in [1.165, 1.54) is 0 Å². The first kappa shape index (κ1) is 44.4. The van der Waals surface area contributed by atoms with Crippen molar-refractivity contribution < 1.29 is 104 Å². The molecule has 4 heterocycles.